The summed E-state index contributed by atoms with van der Waals surface area (Å²) in [5.41, 5.74) is 0.122. The van der Waals surface area contributed by atoms with Crippen LogP contribution in [0.5, 0.6) is 5.75 Å². The van der Waals surface area contributed by atoms with Gasteiger partial charge in [0, 0.05) is 38.4 Å². The van der Waals surface area contributed by atoms with Crippen LogP contribution in [-0.4, -0.2) is 85.5 Å². The zero-order valence-electron chi connectivity index (χ0n) is 22.9. The lowest BCUT2D eigenvalue weighted by molar-refractivity contribution is 0.0387. The summed E-state index contributed by atoms with van der Waals surface area (Å²) in [6, 6.07) is 8.08. The van der Waals surface area contributed by atoms with Gasteiger partial charge in [0.1, 0.15) is 17.7 Å². The Bertz CT molecular complexity index is 1630. The summed E-state index contributed by atoms with van der Waals surface area (Å²) in [5, 5.41) is 9.66. The minimum Gasteiger partial charge on any atom is -0.488 e. The van der Waals surface area contributed by atoms with Gasteiger partial charge in [-0.05, 0) is 49.4 Å². The fourth-order valence-electron chi connectivity index (χ4n) is 4.38. The summed E-state index contributed by atoms with van der Waals surface area (Å²) in [5.74, 6) is -1.31. The maximum atomic E-state index is 13.6. The number of aliphatic hydroxyl groups excluding tert-OH is 1. The molecule has 4 rings (SSSR count). The lowest BCUT2D eigenvalue weighted by Crippen LogP contribution is -2.50. The molecule has 0 saturated carbocycles. The van der Waals surface area contributed by atoms with Gasteiger partial charge >= 0.3 is 0 Å². The molecule has 2 heterocycles. The second kappa shape index (κ2) is 11.8. The normalized spacial score (nSPS) is 18.8. The van der Waals surface area contributed by atoms with Crippen LogP contribution < -0.4 is 9.46 Å². The number of fused-ring (bicyclic) bond motifs is 1. The number of anilines is 1. The molecular formula is C26H32FN5O7S2. The standard InChI is InChI=1S/C26H32FN5O7S2/c1-17-12-32(18(2)15-33)26(34)22-11-20(29-40(35,36)25-14-30(3)16-28-25)7-10-23(22)39-24(17)13-31(4)41(37,38)21-8-5-19(27)6-9-21/h5-11,14,16-18,24,29,33H,12-13,15H2,1-4H3/t17-,18+,24-/m0/s1. The molecule has 0 spiro atoms. The van der Waals surface area contributed by atoms with Crippen LogP contribution in [0.25, 0.3) is 0 Å². The third-order valence-corrected chi connectivity index (χ3v) is 9.94. The number of imidazole rings is 1. The SMILES string of the molecule is C[C@H](CO)N1C[C@H](C)[C@H](CN(C)S(=O)(=O)c2ccc(F)cc2)Oc2ccc(NS(=O)(=O)c3cn(C)cn3)cc2C1=O. The van der Waals surface area contributed by atoms with E-state index in [2.05, 4.69) is 9.71 Å². The van der Waals surface area contributed by atoms with Gasteiger partial charge in [-0.25, -0.2) is 17.8 Å². The van der Waals surface area contributed by atoms with Crippen molar-refractivity contribution in [2.45, 2.75) is 35.9 Å². The van der Waals surface area contributed by atoms with E-state index in [0.29, 0.717) is 0 Å². The Morgan fingerprint density at radius 1 is 1.20 bits per heavy atom. The molecule has 0 unspecified atom stereocenters. The second-order valence-electron chi connectivity index (χ2n) is 10.1. The first kappa shape index (κ1) is 30.4. The summed E-state index contributed by atoms with van der Waals surface area (Å²) in [4.78, 5) is 18.9. The van der Waals surface area contributed by atoms with Crippen molar-refractivity contribution in [2.24, 2.45) is 13.0 Å². The highest BCUT2D eigenvalue weighted by Crippen LogP contribution is 2.32. The summed E-state index contributed by atoms with van der Waals surface area (Å²) in [6.07, 6.45) is 1.93. The molecule has 15 heteroatoms. The Morgan fingerprint density at radius 2 is 1.88 bits per heavy atom. The first-order valence-corrected chi connectivity index (χ1v) is 15.6. The molecule has 3 atom stereocenters. The summed E-state index contributed by atoms with van der Waals surface area (Å²) >= 11 is 0. The van der Waals surface area contributed by atoms with Gasteiger partial charge in [0.15, 0.2) is 5.03 Å². The van der Waals surface area contributed by atoms with Crippen molar-refractivity contribution in [1.82, 2.24) is 18.8 Å². The quantitative estimate of drug-likeness (QED) is 0.373. The molecule has 0 bridgehead atoms. The van der Waals surface area contributed by atoms with Gasteiger partial charge in [-0.3, -0.25) is 9.52 Å². The maximum absolute atomic E-state index is 13.6. The molecule has 1 aromatic heterocycles. The number of hydrogen-bond donors (Lipinski definition) is 2. The van der Waals surface area contributed by atoms with Gasteiger partial charge in [-0.15, -0.1) is 0 Å². The van der Waals surface area contributed by atoms with Crippen molar-refractivity contribution in [1.29, 1.82) is 0 Å². The maximum Gasteiger partial charge on any atom is 0.280 e. The van der Waals surface area contributed by atoms with E-state index in [1.807, 2.05) is 0 Å². The number of aryl methyl sites for hydroxylation is 1. The minimum absolute atomic E-state index is 0.0347. The monoisotopic (exact) mass is 609 g/mol. The molecule has 2 N–H and O–H groups in total. The third-order valence-electron chi connectivity index (χ3n) is 6.83. The van der Waals surface area contributed by atoms with Crippen molar-refractivity contribution < 1.29 is 35.9 Å². The van der Waals surface area contributed by atoms with Gasteiger partial charge in [-0.1, -0.05) is 6.92 Å². The number of carbonyl (C=O) groups excluding carboxylic acids is 1. The predicted molar refractivity (Wildman–Crippen MR) is 148 cm³/mol. The summed E-state index contributed by atoms with van der Waals surface area (Å²) < 4.78 is 76.6. The summed E-state index contributed by atoms with van der Waals surface area (Å²) in [7, 11) is -5.04. The van der Waals surface area contributed by atoms with E-state index in [1.165, 1.54) is 59.4 Å². The van der Waals surface area contributed by atoms with Crippen LogP contribution >= 0.6 is 0 Å². The van der Waals surface area contributed by atoms with Crippen LogP contribution in [0.4, 0.5) is 10.1 Å². The van der Waals surface area contributed by atoms with E-state index < -0.39 is 43.9 Å². The number of ether oxygens (including phenoxy) is 1. The van der Waals surface area contributed by atoms with Crippen LogP contribution in [0.15, 0.2) is 64.9 Å². The van der Waals surface area contributed by atoms with Crippen LogP contribution in [0.1, 0.15) is 24.2 Å². The Morgan fingerprint density at radius 3 is 2.49 bits per heavy atom. The van der Waals surface area contributed by atoms with Gasteiger partial charge in [-0.2, -0.15) is 12.7 Å². The van der Waals surface area contributed by atoms with E-state index >= 15 is 0 Å². The van der Waals surface area contributed by atoms with E-state index in [9.17, 15) is 31.1 Å². The number of nitrogens with one attached hydrogen (secondary N) is 1. The van der Waals surface area contributed by atoms with Crippen molar-refractivity contribution in [3.8, 4) is 5.75 Å². The molecule has 0 aliphatic carbocycles. The molecular weight excluding hydrogens is 577 g/mol. The number of benzene rings is 2. The number of hydrogen-bond acceptors (Lipinski definition) is 8. The number of rotatable bonds is 9. The van der Waals surface area contributed by atoms with Crippen molar-refractivity contribution in [2.75, 3.05) is 31.5 Å². The molecule has 222 valence electrons. The van der Waals surface area contributed by atoms with E-state index in [-0.39, 0.29) is 52.5 Å². The molecule has 1 amide bonds. The Labute approximate surface area is 238 Å². The molecule has 0 radical (unpaired) electrons. The zero-order valence-corrected chi connectivity index (χ0v) is 24.6. The first-order valence-electron chi connectivity index (χ1n) is 12.7. The van der Waals surface area contributed by atoms with Gasteiger partial charge < -0.3 is 19.3 Å². The average molecular weight is 610 g/mol. The Balaban J connectivity index is 1.68. The number of likely N-dealkylation sites (N-methyl/N-ethyl adjacent to an activating group) is 1. The Kier molecular flexibility index (Phi) is 8.73. The van der Waals surface area contributed by atoms with Crippen molar-refractivity contribution >= 4 is 31.6 Å². The number of amides is 1. The highest BCUT2D eigenvalue weighted by atomic mass is 32.2. The van der Waals surface area contributed by atoms with Crippen LogP contribution in [-0.2, 0) is 27.1 Å². The number of sulfonamides is 2. The Hall–Kier alpha value is -3.53. The summed E-state index contributed by atoms with van der Waals surface area (Å²) in [6.45, 7) is 3.15. The van der Waals surface area contributed by atoms with Crippen LogP contribution in [0.3, 0.4) is 0 Å². The topological polar surface area (TPSA) is 151 Å². The molecule has 3 aromatic rings. The number of carbonyl (C=O) groups is 1. The fraction of sp³-hybridized carbons (Fsp3) is 0.385. The van der Waals surface area contributed by atoms with Crippen molar-refractivity contribution in [3.05, 3.63) is 66.4 Å². The molecule has 1 aliphatic heterocycles. The lowest BCUT2D eigenvalue weighted by Gasteiger charge is -2.38. The van der Waals surface area contributed by atoms with Gasteiger partial charge in [0.05, 0.1) is 36.0 Å². The predicted octanol–water partition coefficient (Wildman–Crippen LogP) is 1.90. The van der Waals surface area contributed by atoms with Gasteiger partial charge in [0.2, 0.25) is 10.0 Å². The van der Waals surface area contributed by atoms with Gasteiger partial charge in [0.25, 0.3) is 15.9 Å². The van der Waals surface area contributed by atoms with Crippen molar-refractivity contribution in [3.63, 3.8) is 0 Å². The highest BCUT2D eigenvalue weighted by Gasteiger charge is 2.35. The molecule has 41 heavy (non-hydrogen) atoms. The highest BCUT2D eigenvalue weighted by molar-refractivity contribution is 7.92. The minimum atomic E-state index is -4.05. The molecule has 0 saturated heterocycles. The third kappa shape index (κ3) is 6.53. The van der Waals surface area contributed by atoms with Crippen LogP contribution in [0, 0.1) is 11.7 Å². The first-order chi connectivity index (χ1) is 19.2. The average Bonchev–Trinajstić information content (AvgIpc) is 3.38. The number of nitrogens with zero attached hydrogens (tertiary/aromatic N) is 4. The number of aromatic nitrogens is 2. The molecule has 1 aliphatic rings. The fourth-order valence-corrected chi connectivity index (χ4v) is 6.59. The van der Waals surface area contributed by atoms with E-state index in [1.54, 1.807) is 20.9 Å². The number of aliphatic hydroxyl groups is 1. The largest absolute Gasteiger partial charge is 0.488 e. The second-order valence-corrected chi connectivity index (χ2v) is 13.7. The lowest BCUT2D eigenvalue weighted by atomic mass is 9.99. The smallest absolute Gasteiger partial charge is 0.280 e. The number of halogens is 1. The molecule has 0 fully saturated rings. The molecule has 12 nitrogen and oxygen atoms in total. The zero-order chi connectivity index (χ0) is 30.1. The van der Waals surface area contributed by atoms with Crippen LogP contribution in [0.2, 0.25) is 0 Å². The van der Waals surface area contributed by atoms with E-state index in [0.717, 1.165) is 16.4 Å². The van der Waals surface area contributed by atoms with E-state index in [4.69, 9.17) is 4.74 Å². The molecule has 2 aromatic carbocycles.